The smallest absolute Gasteiger partial charge is 0.423 e. The van der Waals surface area contributed by atoms with Crippen molar-refractivity contribution in [1.29, 1.82) is 0 Å². The van der Waals surface area contributed by atoms with Gasteiger partial charge in [0.15, 0.2) is 5.16 Å². The van der Waals surface area contributed by atoms with Gasteiger partial charge in [-0.2, -0.15) is 5.10 Å². The molecular weight excluding hydrogens is 256 g/mol. The Bertz CT molecular complexity index is 550. The third kappa shape index (κ3) is 3.09. The molecule has 0 aliphatic carbocycles. The van der Waals surface area contributed by atoms with E-state index in [1.165, 1.54) is 24.2 Å². The molecule has 2 aromatic rings. The van der Waals surface area contributed by atoms with Gasteiger partial charge in [0.2, 0.25) is 0 Å². The first-order chi connectivity index (χ1) is 8.56. The van der Waals surface area contributed by atoms with Crippen LogP contribution in [0.2, 0.25) is 0 Å². The first kappa shape index (κ1) is 13.1. The number of hydrogen-bond donors (Lipinski definition) is 2. The van der Waals surface area contributed by atoms with Crippen LogP contribution < -0.4 is 5.46 Å². The Morgan fingerprint density at radius 3 is 2.78 bits per heavy atom. The summed E-state index contributed by atoms with van der Waals surface area (Å²) in [6.45, 7) is 0. The first-order valence-corrected chi connectivity index (χ1v) is 6.17. The van der Waals surface area contributed by atoms with Crippen molar-refractivity contribution < 1.29 is 14.4 Å². The zero-order chi connectivity index (χ0) is 13.1. The van der Waals surface area contributed by atoms with Gasteiger partial charge in [-0.15, -0.1) is 0 Å². The van der Waals surface area contributed by atoms with Gasteiger partial charge in [0.25, 0.3) is 0 Å². The highest BCUT2D eigenvalue weighted by Gasteiger charge is 2.13. The number of halogens is 1. The van der Waals surface area contributed by atoms with Gasteiger partial charge in [0, 0.05) is 12.8 Å². The summed E-state index contributed by atoms with van der Waals surface area (Å²) in [5.41, 5.74) is 0.801. The Kier molecular flexibility index (Phi) is 4.00. The van der Waals surface area contributed by atoms with Crippen molar-refractivity contribution in [2.45, 2.75) is 10.9 Å². The van der Waals surface area contributed by atoms with Crippen LogP contribution in [-0.2, 0) is 12.8 Å². The van der Waals surface area contributed by atoms with Crippen LogP contribution in [0.4, 0.5) is 4.39 Å². The maximum absolute atomic E-state index is 13.3. The Labute approximate surface area is 108 Å². The number of aromatic nitrogens is 3. The summed E-state index contributed by atoms with van der Waals surface area (Å²) >= 11 is 1.40. The molecule has 0 fully saturated rings. The molecule has 5 nitrogen and oxygen atoms in total. The van der Waals surface area contributed by atoms with Crippen LogP contribution in [0.5, 0.6) is 0 Å². The molecule has 1 aromatic carbocycles. The van der Waals surface area contributed by atoms with Crippen LogP contribution in [0.1, 0.15) is 5.56 Å². The van der Waals surface area contributed by atoms with E-state index in [9.17, 15) is 4.39 Å². The van der Waals surface area contributed by atoms with Gasteiger partial charge in [-0.3, -0.25) is 0 Å². The highest BCUT2D eigenvalue weighted by atomic mass is 32.2. The molecule has 94 valence electrons. The van der Waals surface area contributed by atoms with Crippen molar-refractivity contribution in [2.24, 2.45) is 7.05 Å². The lowest BCUT2D eigenvalue weighted by Gasteiger charge is -2.05. The Morgan fingerprint density at radius 1 is 1.39 bits per heavy atom. The normalized spacial score (nSPS) is 10.7. The van der Waals surface area contributed by atoms with Crippen LogP contribution in [-0.4, -0.2) is 31.9 Å². The largest absolute Gasteiger partial charge is 0.488 e. The van der Waals surface area contributed by atoms with Crippen molar-refractivity contribution in [2.75, 3.05) is 0 Å². The molecule has 0 saturated carbocycles. The lowest BCUT2D eigenvalue weighted by molar-refractivity contribution is 0.425. The van der Waals surface area contributed by atoms with Crippen molar-refractivity contribution in [3.63, 3.8) is 0 Å². The van der Waals surface area contributed by atoms with Crippen molar-refractivity contribution >= 4 is 24.3 Å². The fourth-order valence-electron chi connectivity index (χ4n) is 1.47. The van der Waals surface area contributed by atoms with E-state index in [-0.39, 0.29) is 5.46 Å². The number of nitrogens with zero attached hydrogens (tertiary/aromatic N) is 3. The van der Waals surface area contributed by atoms with E-state index in [4.69, 9.17) is 10.0 Å². The third-order valence-corrected chi connectivity index (χ3v) is 3.42. The highest BCUT2D eigenvalue weighted by molar-refractivity contribution is 7.98. The van der Waals surface area contributed by atoms with Gasteiger partial charge in [0.1, 0.15) is 12.1 Å². The zero-order valence-corrected chi connectivity index (χ0v) is 10.4. The van der Waals surface area contributed by atoms with Crippen LogP contribution >= 0.6 is 11.8 Å². The summed E-state index contributed by atoms with van der Waals surface area (Å²) in [6, 6.07) is 4.01. The van der Waals surface area contributed by atoms with Gasteiger partial charge in [-0.05, 0) is 23.2 Å². The average Bonchev–Trinajstić information content (AvgIpc) is 2.71. The SMILES string of the molecule is Cn1ncnc1SCc1cc(F)cc(B(O)O)c1. The monoisotopic (exact) mass is 267 g/mol. The maximum atomic E-state index is 13.3. The molecule has 0 unspecified atom stereocenters. The fraction of sp³-hybridized carbons (Fsp3) is 0.200. The summed E-state index contributed by atoms with van der Waals surface area (Å²) in [5, 5.41) is 22.7. The van der Waals surface area contributed by atoms with Gasteiger partial charge < -0.3 is 10.0 Å². The van der Waals surface area contributed by atoms with E-state index in [0.717, 1.165) is 6.07 Å². The molecule has 1 aromatic heterocycles. The highest BCUT2D eigenvalue weighted by Crippen LogP contribution is 2.19. The minimum Gasteiger partial charge on any atom is -0.423 e. The molecule has 0 radical (unpaired) electrons. The first-order valence-electron chi connectivity index (χ1n) is 5.18. The van der Waals surface area contributed by atoms with E-state index >= 15 is 0 Å². The quantitative estimate of drug-likeness (QED) is 0.599. The van der Waals surface area contributed by atoms with Crippen LogP contribution in [0.3, 0.4) is 0 Å². The Hall–Kier alpha value is -1.38. The van der Waals surface area contributed by atoms with Gasteiger partial charge in [-0.1, -0.05) is 17.8 Å². The molecule has 8 heteroatoms. The molecule has 0 atom stereocenters. The second-order valence-electron chi connectivity index (χ2n) is 3.72. The molecule has 0 aliphatic heterocycles. The van der Waals surface area contributed by atoms with E-state index < -0.39 is 12.9 Å². The Balaban J connectivity index is 2.12. The lowest BCUT2D eigenvalue weighted by atomic mass is 9.79. The van der Waals surface area contributed by atoms with Gasteiger partial charge >= 0.3 is 7.12 Å². The second kappa shape index (κ2) is 5.51. The Morgan fingerprint density at radius 2 is 2.17 bits per heavy atom. The number of benzene rings is 1. The number of rotatable bonds is 4. The van der Waals surface area contributed by atoms with Crippen LogP contribution in [0, 0.1) is 5.82 Å². The summed E-state index contributed by atoms with van der Waals surface area (Å²) in [6.07, 6.45) is 1.44. The zero-order valence-electron chi connectivity index (χ0n) is 9.62. The second-order valence-corrected chi connectivity index (χ2v) is 4.66. The summed E-state index contributed by atoms with van der Waals surface area (Å²) in [5.74, 6) is -0.0153. The summed E-state index contributed by atoms with van der Waals surface area (Å²) in [4.78, 5) is 4.03. The minimum atomic E-state index is -1.67. The molecular formula is C10H11BFN3O2S. The molecule has 0 bridgehead atoms. The molecule has 0 amide bonds. The van der Waals surface area contributed by atoms with E-state index in [1.807, 2.05) is 0 Å². The van der Waals surface area contributed by atoms with Gasteiger partial charge in [0.05, 0.1) is 0 Å². The average molecular weight is 267 g/mol. The number of thioether (sulfide) groups is 1. The minimum absolute atomic E-state index is 0.142. The van der Waals surface area contributed by atoms with Crippen molar-refractivity contribution in [3.05, 3.63) is 35.9 Å². The molecule has 2 rings (SSSR count). The fourth-order valence-corrected chi connectivity index (χ4v) is 2.29. The molecule has 0 spiro atoms. The molecule has 18 heavy (non-hydrogen) atoms. The molecule has 0 saturated heterocycles. The molecule has 1 heterocycles. The number of aryl methyl sites for hydroxylation is 1. The topological polar surface area (TPSA) is 71.2 Å². The van der Waals surface area contributed by atoms with Crippen molar-refractivity contribution in [1.82, 2.24) is 14.8 Å². The summed E-state index contributed by atoms with van der Waals surface area (Å²) in [7, 11) is 0.100. The molecule has 2 N–H and O–H groups in total. The van der Waals surface area contributed by atoms with E-state index in [2.05, 4.69) is 10.1 Å². The van der Waals surface area contributed by atoms with Crippen LogP contribution in [0.15, 0.2) is 29.7 Å². The third-order valence-electron chi connectivity index (χ3n) is 2.32. The van der Waals surface area contributed by atoms with E-state index in [0.29, 0.717) is 16.5 Å². The van der Waals surface area contributed by atoms with E-state index in [1.54, 1.807) is 17.8 Å². The predicted octanol–water partition coefficient (Wildman–Crippen LogP) is -0.0737. The predicted molar refractivity (Wildman–Crippen MR) is 66.8 cm³/mol. The summed E-state index contributed by atoms with van der Waals surface area (Å²) < 4.78 is 14.9. The standard InChI is InChI=1S/C10H11BFN3O2S/c1-15-10(13-6-14-15)18-5-7-2-8(11(16)17)4-9(12)3-7/h2-4,6,16-17H,5H2,1H3. The lowest BCUT2D eigenvalue weighted by Crippen LogP contribution is -2.30. The molecule has 0 aliphatic rings. The number of hydrogen-bond acceptors (Lipinski definition) is 5. The van der Waals surface area contributed by atoms with Gasteiger partial charge in [-0.25, -0.2) is 14.1 Å². The van der Waals surface area contributed by atoms with Crippen molar-refractivity contribution in [3.8, 4) is 0 Å². The maximum Gasteiger partial charge on any atom is 0.488 e. The van der Waals surface area contributed by atoms with Crippen LogP contribution in [0.25, 0.3) is 0 Å².